The van der Waals surface area contributed by atoms with Crippen LogP contribution in [0, 0.1) is 27.7 Å². The van der Waals surface area contributed by atoms with Crippen molar-refractivity contribution in [3.63, 3.8) is 0 Å². The second-order valence-corrected chi connectivity index (χ2v) is 8.60. The van der Waals surface area contributed by atoms with Crippen LogP contribution in [-0.2, 0) is 23.9 Å². The number of rotatable bonds is 6. The van der Waals surface area contributed by atoms with Crippen LogP contribution in [0.2, 0.25) is 0 Å². The summed E-state index contributed by atoms with van der Waals surface area (Å²) in [6, 6.07) is 7.28. The molecule has 0 atom stereocenters. The van der Waals surface area contributed by atoms with E-state index in [1.165, 1.54) is 12.1 Å². The van der Waals surface area contributed by atoms with E-state index in [-0.39, 0.29) is 30.5 Å². The van der Waals surface area contributed by atoms with Crippen LogP contribution < -0.4 is 0 Å². The van der Waals surface area contributed by atoms with Crippen LogP contribution in [-0.4, -0.2) is 36.6 Å². The molecule has 1 aliphatic carbocycles. The zero-order chi connectivity index (χ0) is 23.9. The molecule has 9 heteroatoms. The third-order valence-electron chi connectivity index (χ3n) is 5.90. The van der Waals surface area contributed by atoms with Crippen LogP contribution in [0.25, 0.3) is 5.95 Å². The van der Waals surface area contributed by atoms with Crippen molar-refractivity contribution >= 4 is 5.91 Å². The second kappa shape index (κ2) is 8.61. The standard InChI is InChI=1S/C24H26F3N5O/c1-14-11-15(2)29-23(28-14)32-17(4)20(16(3)30-32)12-22(33)31(19-9-10-19)13-18-7-5-6-8-21(18)24(25,26)27/h5-8,11,19H,9-10,12-13H2,1-4H3. The predicted octanol–water partition coefficient (Wildman–Crippen LogP) is 4.65. The fraction of sp³-hybridized carbons (Fsp3) is 0.417. The van der Waals surface area contributed by atoms with Crippen molar-refractivity contribution in [2.75, 3.05) is 0 Å². The monoisotopic (exact) mass is 457 g/mol. The number of aryl methyl sites for hydroxylation is 3. The van der Waals surface area contributed by atoms with Crippen LogP contribution in [0.1, 0.15) is 52.3 Å². The first-order valence-corrected chi connectivity index (χ1v) is 10.9. The minimum atomic E-state index is -4.46. The molecule has 33 heavy (non-hydrogen) atoms. The average molecular weight is 458 g/mol. The van der Waals surface area contributed by atoms with E-state index in [0.717, 1.165) is 41.6 Å². The van der Waals surface area contributed by atoms with E-state index >= 15 is 0 Å². The molecule has 0 radical (unpaired) electrons. The molecule has 0 N–H and O–H groups in total. The van der Waals surface area contributed by atoms with Gasteiger partial charge in [0.05, 0.1) is 17.7 Å². The number of halogens is 3. The van der Waals surface area contributed by atoms with Gasteiger partial charge in [-0.1, -0.05) is 18.2 Å². The maximum absolute atomic E-state index is 13.5. The summed E-state index contributed by atoms with van der Waals surface area (Å²) in [5.41, 5.74) is 3.20. The van der Waals surface area contributed by atoms with Gasteiger partial charge in [-0.15, -0.1) is 0 Å². The van der Waals surface area contributed by atoms with E-state index in [9.17, 15) is 18.0 Å². The van der Waals surface area contributed by atoms with Gasteiger partial charge in [0.15, 0.2) is 0 Å². The SMILES string of the molecule is Cc1cc(C)nc(-n2nc(C)c(CC(=O)N(Cc3ccccc3C(F)(F)F)C3CC3)c2C)n1. The molecule has 0 saturated heterocycles. The summed E-state index contributed by atoms with van der Waals surface area (Å²) in [6.45, 7) is 7.35. The first-order valence-electron chi connectivity index (χ1n) is 10.9. The molecule has 6 nitrogen and oxygen atoms in total. The lowest BCUT2D eigenvalue weighted by atomic mass is 10.1. The molecule has 2 heterocycles. The number of carbonyl (C=O) groups is 1. The third-order valence-corrected chi connectivity index (χ3v) is 5.90. The summed E-state index contributed by atoms with van der Waals surface area (Å²) in [5.74, 6) is 0.228. The minimum absolute atomic E-state index is 0.0304. The molecule has 4 rings (SSSR count). The highest BCUT2D eigenvalue weighted by molar-refractivity contribution is 5.80. The maximum atomic E-state index is 13.5. The molecule has 1 aliphatic rings. The molecule has 174 valence electrons. The zero-order valence-corrected chi connectivity index (χ0v) is 19.1. The predicted molar refractivity (Wildman–Crippen MR) is 117 cm³/mol. The number of nitrogens with zero attached hydrogens (tertiary/aromatic N) is 5. The van der Waals surface area contributed by atoms with Gasteiger partial charge < -0.3 is 4.90 Å². The van der Waals surface area contributed by atoms with Crippen LogP contribution in [0.5, 0.6) is 0 Å². The van der Waals surface area contributed by atoms with Gasteiger partial charge in [0.2, 0.25) is 5.91 Å². The highest BCUT2D eigenvalue weighted by Crippen LogP contribution is 2.35. The lowest BCUT2D eigenvalue weighted by Crippen LogP contribution is -2.34. The summed E-state index contributed by atoms with van der Waals surface area (Å²) in [5, 5.41) is 4.54. The summed E-state index contributed by atoms with van der Waals surface area (Å²) < 4.78 is 42.0. The lowest BCUT2D eigenvalue weighted by Gasteiger charge is -2.24. The summed E-state index contributed by atoms with van der Waals surface area (Å²) in [7, 11) is 0. The highest BCUT2D eigenvalue weighted by Gasteiger charge is 2.37. The number of benzene rings is 1. The van der Waals surface area contributed by atoms with E-state index in [1.807, 2.05) is 33.8 Å². The number of hydrogen-bond acceptors (Lipinski definition) is 4. The Hall–Kier alpha value is -3.23. The Labute approximate surface area is 190 Å². The molecule has 0 unspecified atom stereocenters. The Morgan fingerprint density at radius 3 is 2.33 bits per heavy atom. The van der Waals surface area contributed by atoms with Gasteiger partial charge in [0.25, 0.3) is 5.95 Å². The quantitative estimate of drug-likeness (QED) is 0.541. The highest BCUT2D eigenvalue weighted by atomic mass is 19.4. The molecule has 1 aromatic carbocycles. The molecule has 3 aromatic rings. The Bertz CT molecular complexity index is 1180. The fourth-order valence-corrected chi connectivity index (χ4v) is 4.11. The van der Waals surface area contributed by atoms with Crippen LogP contribution in [0.15, 0.2) is 30.3 Å². The van der Waals surface area contributed by atoms with Crippen molar-refractivity contribution in [1.29, 1.82) is 0 Å². The molecule has 1 saturated carbocycles. The number of alkyl halides is 3. The Morgan fingerprint density at radius 2 is 1.73 bits per heavy atom. The van der Waals surface area contributed by atoms with Gasteiger partial charge in [-0.2, -0.15) is 18.3 Å². The van der Waals surface area contributed by atoms with E-state index in [2.05, 4.69) is 15.1 Å². The zero-order valence-electron chi connectivity index (χ0n) is 19.1. The molecule has 1 fully saturated rings. The van der Waals surface area contributed by atoms with Crippen molar-refractivity contribution in [2.45, 2.75) is 65.7 Å². The van der Waals surface area contributed by atoms with Crippen LogP contribution in [0.3, 0.4) is 0 Å². The Kier molecular flexibility index (Phi) is 5.99. The van der Waals surface area contributed by atoms with Gasteiger partial charge in [-0.25, -0.2) is 14.6 Å². The number of carbonyl (C=O) groups excluding carboxylic acids is 1. The number of aromatic nitrogens is 4. The number of hydrogen-bond donors (Lipinski definition) is 0. The molecule has 0 aliphatic heterocycles. The molecule has 0 spiro atoms. The van der Waals surface area contributed by atoms with E-state index < -0.39 is 11.7 Å². The normalized spacial score (nSPS) is 13.9. The fourth-order valence-electron chi connectivity index (χ4n) is 4.11. The largest absolute Gasteiger partial charge is 0.416 e. The summed E-state index contributed by atoms with van der Waals surface area (Å²) in [4.78, 5) is 23.8. The van der Waals surface area contributed by atoms with E-state index in [1.54, 1.807) is 15.6 Å². The van der Waals surface area contributed by atoms with E-state index in [0.29, 0.717) is 11.6 Å². The topological polar surface area (TPSA) is 63.9 Å². The van der Waals surface area contributed by atoms with Gasteiger partial charge in [0, 0.05) is 35.2 Å². The maximum Gasteiger partial charge on any atom is 0.416 e. The summed E-state index contributed by atoms with van der Waals surface area (Å²) in [6.07, 6.45) is -2.80. The molecular formula is C24H26F3N5O. The van der Waals surface area contributed by atoms with Gasteiger partial charge in [-0.3, -0.25) is 4.79 Å². The number of amides is 1. The molecule has 0 bridgehead atoms. The van der Waals surface area contributed by atoms with Gasteiger partial charge >= 0.3 is 6.18 Å². The first-order chi connectivity index (χ1) is 15.5. The van der Waals surface area contributed by atoms with Crippen molar-refractivity contribution < 1.29 is 18.0 Å². The smallest absolute Gasteiger partial charge is 0.335 e. The van der Waals surface area contributed by atoms with Crippen LogP contribution in [0.4, 0.5) is 13.2 Å². The van der Waals surface area contributed by atoms with Crippen molar-refractivity contribution in [2.24, 2.45) is 0 Å². The molecule has 1 amide bonds. The van der Waals surface area contributed by atoms with Gasteiger partial charge in [0.1, 0.15) is 0 Å². The lowest BCUT2D eigenvalue weighted by molar-refractivity contribution is -0.140. The summed E-state index contributed by atoms with van der Waals surface area (Å²) >= 11 is 0. The Morgan fingerprint density at radius 1 is 1.09 bits per heavy atom. The molecular weight excluding hydrogens is 431 g/mol. The van der Waals surface area contributed by atoms with Crippen LogP contribution >= 0.6 is 0 Å². The van der Waals surface area contributed by atoms with Crippen molar-refractivity contribution in [3.05, 3.63) is 69.8 Å². The minimum Gasteiger partial charge on any atom is -0.335 e. The second-order valence-electron chi connectivity index (χ2n) is 8.60. The van der Waals surface area contributed by atoms with Crippen molar-refractivity contribution in [1.82, 2.24) is 24.6 Å². The average Bonchev–Trinajstić information content (AvgIpc) is 3.53. The molecule has 2 aromatic heterocycles. The van der Waals surface area contributed by atoms with Crippen molar-refractivity contribution in [3.8, 4) is 5.95 Å². The first kappa shape index (κ1) is 22.9. The third kappa shape index (κ3) is 4.91. The van der Waals surface area contributed by atoms with Gasteiger partial charge in [-0.05, 0) is 58.2 Å². The van der Waals surface area contributed by atoms with E-state index in [4.69, 9.17) is 0 Å². The Balaban J connectivity index is 1.60.